The number of aryl methyl sites for hydroxylation is 4. The summed E-state index contributed by atoms with van der Waals surface area (Å²) in [4.78, 5) is 8.64. The zero-order chi connectivity index (χ0) is 14.7. The second-order valence-corrected chi connectivity index (χ2v) is 5.90. The minimum atomic E-state index is 0.588. The van der Waals surface area contributed by atoms with Crippen molar-refractivity contribution in [1.29, 1.82) is 5.26 Å². The lowest BCUT2D eigenvalue weighted by molar-refractivity contribution is 0.923. The van der Waals surface area contributed by atoms with Crippen LogP contribution in [0.15, 0.2) is 23.2 Å². The van der Waals surface area contributed by atoms with E-state index in [9.17, 15) is 5.26 Å². The molecule has 0 saturated heterocycles. The summed E-state index contributed by atoms with van der Waals surface area (Å²) in [5.74, 6) is 1.53. The van der Waals surface area contributed by atoms with Gasteiger partial charge in [0.1, 0.15) is 22.5 Å². The average Bonchev–Trinajstić information content (AvgIpc) is 2.34. The molecule has 0 bridgehead atoms. The number of hydrogen-bond acceptors (Lipinski definition) is 4. The van der Waals surface area contributed by atoms with E-state index in [1.807, 2.05) is 13.8 Å². The van der Waals surface area contributed by atoms with E-state index in [1.54, 1.807) is 11.8 Å². The van der Waals surface area contributed by atoms with Gasteiger partial charge in [-0.15, -0.1) is 11.8 Å². The molecule has 0 radical (unpaired) electrons. The lowest BCUT2D eigenvalue weighted by Gasteiger charge is -2.08. The van der Waals surface area contributed by atoms with E-state index in [0.29, 0.717) is 11.4 Å². The zero-order valence-corrected chi connectivity index (χ0v) is 13.0. The molecule has 0 atom stereocenters. The number of hydrogen-bond donors (Lipinski definition) is 0. The molecule has 1 heterocycles. The van der Waals surface area contributed by atoms with Crippen molar-refractivity contribution in [2.24, 2.45) is 0 Å². The normalized spacial score (nSPS) is 10.3. The molecule has 2 aromatic rings. The Hall–Kier alpha value is -1.86. The van der Waals surface area contributed by atoms with Gasteiger partial charge in [-0.2, -0.15) is 5.26 Å². The Labute approximate surface area is 124 Å². The number of nitrogens with zero attached hydrogens (tertiary/aromatic N) is 3. The molecule has 1 aromatic heterocycles. The van der Waals surface area contributed by atoms with Gasteiger partial charge in [-0.25, -0.2) is 9.97 Å². The Morgan fingerprint density at radius 1 is 1.05 bits per heavy atom. The summed E-state index contributed by atoms with van der Waals surface area (Å²) < 4.78 is 0. The third kappa shape index (κ3) is 3.37. The van der Waals surface area contributed by atoms with Crippen molar-refractivity contribution in [1.82, 2.24) is 9.97 Å². The highest BCUT2D eigenvalue weighted by Gasteiger charge is 2.10. The van der Waals surface area contributed by atoms with Gasteiger partial charge in [-0.05, 0) is 33.3 Å². The fourth-order valence-electron chi connectivity index (χ4n) is 2.22. The van der Waals surface area contributed by atoms with Gasteiger partial charge in [0, 0.05) is 5.75 Å². The van der Waals surface area contributed by atoms with E-state index in [-0.39, 0.29) is 0 Å². The van der Waals surface area contributed by atoms with Crippen molar-refractivity contribution < 1.29 is 0 Å². The molecular formula is C16H17N3S. The monoisotopic (exact) mass is 283 g/mol. The largest absolute Gasteiger partial charge is 0.237 e. The van der Waals surface area contributed by atoms with Crippen LogP contribution in [0.5, 0.6) is 0 Å². The van der Waals surface area contributed by atoms with Crippen molar-refractivity contribution in [3.05, 3.63) is 52.0 Å². The lowest BCUT2D eigenvalue weighted by Crippen LogP contribution is -1.99. The molecule has 0 amide bonds. The Morgan fingerprint density at radius 3 is 2.30 bits per heavy atom. The van der Waals surface area contributed by atoms with Crippen LogP contribution in [-0.4, -0.2) is 9.97 Å². The molecule has 4 heteroatoms. The molecule has 1 aromatic carbocycles. The van der Waals surface area contributed by atoms with E-state index in [2.05, 4.69) is 48.1 Å². The van der Waals surface area contributed by atoms with Crippen LogP contribution in [0, 0.1) is 39.0 Å². The van der Waals surface area contributed by atoms with E-state index in [1.165, 1.54) is 16.7 Å². The van der Waals surface area contributed by atoms with Crippen LogP contribution in [-0.2, 0) is 5.75 Å². The molecule has 3 nitrogen and oxygen atoms in total. The van der Waals surface area contributed by atoms with Crippen molar-refractivity contribution in [3.63, 3.8) is 0 Å². The van der Waals surface area contributed by atoms with Crippen LogP contribution >= 0.6 is 11.8 Å². The molecule has 20 heavy (non-hydrogen) atoms. The third-order valence-electron chi connectivity index (χ3n) is 2.94. The summed E-state index contributed by atoms with van der Waals surface area (Å²) in [6.45, 7) is 7.91. The maximum absolute atomic E-state index is 9.23. The minimum absolute atomic E-state index is 0.588. The van der Waals surface area contributed by atoms with Crippen molar-refractivity contribution >= 4 is 11.8 Å². The molecule has 0 aliphatic rings. The van der Waals surface area contributed by atoms with Gasteiger partial charge in [0.2, 0.25) is 0 Å². The van der Waals surface area contributed by atoms with Gasteiger partial charge in [-0.1, -0.05) is 29.3 Å². The summed E-state index contributed by atoms with van der Waals surface area (Å²) >= 11 is 1.60. The van der Waals surface area contributed by atoms with Gasteiger partial charge in [0.05, 0.1) is 5.69 Å². The molecule has 2 rings (SSSR count). The lowest BCUT2D eigenvalue weighted by atomic mass is 10.1. The molecule has 0 unspecified atom stereocenters. The quantitative estimate of drug-likeness (QED) is 0.633. The highest BCUT2D eigenvalue weighted by Crippen LogP contribution is 2.26. The van der Waals surface area contributed by atoms with Crippen LogP contribution in [0.1, 0.15) is 33.8 Å². The van der Waals surface area contributed by atoms with E-state index in [0.717, 1.165) is 16.5 Å². The Balaban J connectivity index is 2.25. The van der Waals surface area contributed by atoms with E-state index >= 15 is 0 Å². The first-order chi connectivity index (χ1) is 9.49. The molecule has 0 N–H and O–H groups in total. The van der Waals surface area contributed by atoms with Crippen molar-refractivity contribution in [3.8, 4) is 6.07 Å². The first-order valence-electron chi connectivity index (χ1n) is 6.45. The molecular weight excluding hydrogens is 266 g/mol. The number of thioether (sulfide) groups is 1. The van der Waals surface area contributed by atoms with Gasteiger partial charge in [-0.3, -0.25) is 0 Å². The van der Waals surface area contributed by atoms with Crippen LogP contribution in [0.25, 0.3) is 0 Å². The number of aromatic nitrogens is 2. The molecule has 0 aliphatic heterocycles. The van der Waals surface area contributed by atoms with Gasteiger partial charge in [0.15, 0.2) is 0 Å². The second kappa shape index (κ2) is 6.06. The van der Waals surface area contributed by atoms with Crippen molar-refractivity contribution in [2.75, 3.05) is 0 Å². The summed E-state index contributed by atoms with van der Waals surface area (Å²) in [6, 6.07) is 8.71. The molecule has 0 spiro atoms. The first kappa shape index (κ1) is 14.5. The predicted octanol–water partition coefficient (Wildman–Crippen LogP) is 3.87. The summed E-state index contributed by atoms with van der Waals surface area (Å²) in [5, 5.41) is 10.0. The second-order valence-electron chi connectivity index (χ2n) is 4.93. The maximum atomic E-state index is 9.23. The summed E-state index contributed by atoms with van der Waals surface area (Å²) in [7, 11) is 0. The fourth-order valence-corrected chi connectivity index (χ4v) is 3.22. The zero-order valence-electron chi connectivity index (χ0n) is 12.2. The van der Waals surface area contributed by atoms with Gasteiger partial charge < -0.3 is 0 Å². The topological polar surface area (TPSA) is 49.6 Å². The Kier molecular flexibility index (Phi) is 4.41. The van der Waals surface area contributed by atoms with Gasteiger partial charge >= 0.3 is 0 Å². The number of benzene rings is 1. The molecule has 0 fully saturated rings. The highest BCUT2D eigenvalue weighted by atomic mass is 32.2. The van der Waals surface area contributed by atoms with Crippen LogP contribution in [0.4, 0.5) is 0 Å². The Morgan fingerprint density at radius 2 is 1.70 bits per heavy atom. The molecule has 102 valence electrons. The SMILES string of the molecule is Cc1cc(C)cc(CSc2nc(C)nc(C)c2C#N)c1. The fraction of sp³-hybridized carbons (Fsp3) is 0.312. The van der Waals surface area contributed by atoms with Crippen LogP contribution in [0.3, 0.4) is 0 Å². The first-order valence-corrected chi connectivity index (χ1v) is 7.43. The number of rotatable bonds is 3. The smallest absolute Gasteiger partial charge is 0.126 e. The Bertz CT molecular complexity index is 667. The summed E-state index contributed by atoms with van der Waals surface area (Å²) in [6.07, 6.45) is 0. The van der Waals surface area contributed by atoms with Crippen molar-refractivity contribution in [2.45, 2.75) is 38.5 Å². The molecule has 0 saturated carbocycles. The minimum Gasteiger partial charge on any atom is -0.237 e. The summed E-state index contributed by atoms with van der Waals surface area (Å²) in [5.41, 5.74) is 5.12. The van der Waals surface area contributed by atoms with E-state index < -0.39 is 0 Å². The average molecular weight is 283 g/mol. The maximum Gasteiger partial charge on any atom is 0.126 e. The third-order valence-corrected chi connectivity index (χ3v) is 3.98. The number of nitriles is 1. The van der Waals surface area contributed by atoms with Crippen LogP contribution < -0.4 is 0 Å². The standard InChI is InChI=1S/C16H17N3S/c1-10-5-11(2)7-14(6-10)9-20-16-15(8-17)12(3)18-13(4)19-16/h5-7H,9H2,1-4H3. The molecule has 0 aliphatic carbocycles. The van der Waals surface area contributed by atoms with Gasteiger partial charge in [0.25, 0.3) is 0 Å². The van der Waals surface area contributed by atoms with Crippen LogP contribution in [0.2, 0.25) is 0 Å². The predicted molar refractivity (Wildman–Crippen MR) is 81.7 cm³/mol. The van der Waals surface area contributed by atoms with E-state index in [4.69, 9.17) is 0 Å². The highest BCUT2D eigenvalue weighted by molar-refractivity contribution is 7.98.